The van der Waals surface area contributed by atoms with E-state index in [2.05, 4.69) is 17.0 Å². The molecule has 2 fully saturated rings. The van der Waals surface area contributed by atoms with Crippen LogP contribution in [0, 0.1) is 5.92 Å². The number of sulfonamides is 1. The van der Waals surface area contributed by atoms with Crippen LogP contribution in [0.2, 0.25) is 0 Å². The monoisotopic (exact) mass is 328 g/mol. The lowest BCUT2D eigenvalue weighted by atomic mass is 10.2. The molecule has 0 radical (unpaired) electrons. The van der Waals surface area contributed by atoms with E-state index in [1.165, 1.54) is 24.2 Å². The van der Waals surface area contributed by atoms with Gasteiger partial charge in [-0.2, -0.15) is 0 Å². The molecule has 3 rings (SSSR count). The average Bonchev–Trinajstić information content (AvgIpc) is 3.32. The molecule has 2 saturated carbocycles. The zero-order valence-corrected chi connectivity index (χ0v) is 14.1. The van der Waals surface area contributed by atoms with Gasteiger partial charge in [0.2, 0.25) is 10.0 Å². The van der Waals surface area contributed by atoms with Crippen molar-refractivity contribution in [3.63, 3.8) is 0 Å². The number of hydrogen-bond donors (Lipinski definition) is 2. The molecule has 2 unspecified atom stereocenters. The molecule has 1 heterocycles. The van der Waals surface area contributed by atoms with Gasteiger partial charge in [0.05, 0.1) is 0 Å². The minimum Gasteiger partial charge on any atom is -0.314 e. The van der Waals surface area contributed by atoms with Crippen LogP contribution in [-0.4, -0.2) is 27.0 Å². The van der Waals surface area contributed by atoms with E-state index in [4.69, 9.17) is 0 Å². The van der Waals surface area contributed by atoms with Gasteiger partial charge >= 0.3 is 0 Å². The first kappa shape index (κ1) is 15.5. The van der Waals surface area contributed by atoms with Crippen molar-refractivity contribution < 1.29 is 8.42 Å². The Kier molecular flexibility index (Phi) is 4.69. The van der Waals surface area contributed by atoms with E-state index in [9.17, 15) is 8.42 Å². The maximum atomic E-state index is 12.3. The molecule has 2 aliphatic rings. The summed E-state index contributed by atoms with van der Waals surface area (Å²) in [5.74, 6) is 0.548. The van der Waals surface area contributed by atoms with E-state index in [0.717, 1.165) is 37.1 Å². The summed E-state index contributed by atoms with van der Waals surface area (Å²) in [6, 6.07) is 4.57. The Morgan fingerprint density at radius 2 is 2.14 bits per heavy atom. The Morgan fingerprint density at radius 1 is 1.33 bits per heavy atom. The van der Waals surface area contributed by atoms with E-state index in [-0.39, 0.29) is 6.04 Å². The van der Waals surface area contributed by atoms with Crippen LogP contribution in [-0.2, 0) is 16.4 Å². The minimum atomic E-state index is -3.31. The molecular weight excluding hydrogens is 304 g/mol. The lowest BCUT2D eigenvalue weighted by Gasteiger charge is -2.04. The van der Waals surface area contributed by atoms with Crippen LogP contribution in [0.4, 0.5) is 0 Å². The first-order chi connectivity index (χ1) is 10.1. The lowest BCUT2D eigenvalue weighted by Crippen LogP contribution is -2.26. The third kappa shape index (κ3) is 4.28. The molecule has 118 valence electrons. The fourth-order valence-corrected chi connectivity index (χ4v) is 5.35. The van der Waals surface area contributed by atoms with Crippen LogP contribution < -0.4 is 10.0 Å². The van der Waals surface area contributed by atoms with Crippen molar-refractivity contribution in [1.29, 1.82) is 0 Å². The second-order valence-corrected chi connectivity index (χ2v) is 9.32. The summed E-state index contributed by atoms with van der Waals surface area (Å²) in [6.07, 6.45) is 6.73. The Morgan fingerprint density at radius 3 is 2.86 bits per heavy atom. The zero-order valence-electron chi connectivity index (χ0n) is 12.5. The van der Waals surface area contributed by atoms with Crippen LogP contribution in [0.1, 0.15) is 43.9 Å². The van der Waals surface area contributed by atoms with Crippen molar-refractivity contribution in [3.05, 3.63) is 17.0 Å². The summed E-state index contributed by atoms with van der Waals surface area (Å²) < 4.78 is 28.0. The largest absolute Gasteiger partial charge is 0.314 e. The smallest absolute Gasteiger partial charge is 0.250 e. The predicted octanol–water partition coefficient (Wildman–Crippen LogP) is 2.51. The molecule has 2 N–H and O–H groups in total. The van der Waals surface area contributed by atoms with Gasteiger partial charge in [-0.25, -0.2) is 13.1 Å². The quantitative estimate of drug-likeness (QED) is 0.732. The van der Waals surface area contributed by atoms with Crippen molar-refractivity contribution in [1.82, 2.24) is 10.0 Å². The van der Waals surface area contributed by atoms with Gasteiger partial charge in [0.1, 0.15) is 4.21 Å². The molecule has 1 aromatic heterocycles. The van der Waals surface area contributed by atoms with E-state index in [1.54, 1.807) is 6.07 Å². The molecule has 4 nitrogen and oxygen atoms in total. The third-order valence-electron chi connectivity index (χ3n) is 4.17. The first-order valence-corrected chi connectivity index (χ1v) is 10.2. The van der Waals surface area contributed by atoms with Crippen LogP contribution >= 0.6 is 11.3 Å². The molecule has 0 spiro atoms. The SMILES string of the molecule is CCCC1CC1NS(=O)(=O)c1ccc(CCNC2CC2)s1. The third-order valence-corrected chi connectivity index (χ3v) is 7.30. The predicted molar refractivity (Wildman–Crippen MR) is 86.2 cm³/mol. The van der Waals surface area contributed by atoms with Gasteiger partial charge in [-0.1, -0.05) is 13.3 Å². The maximum absolute atomic E-state index is 12.3. The first-order valence-electron chi connectivity index (χ1n) is 7.93. The number of thiophene rings is 1. The van der Waals surface area contributed by atoms with Crippen LogP contribution in [0.3, 0.4) is 0 Å². The van der Waals surface area contributed by atoms with Gasteiger partial charge in [-0.05, 0) is 50.2 Å². The minimum absolute atomic E-state index is 0.164. The summed E-state index contributed by atoms with van der Waals surface area (Å²) in [7, 11) is -3.31. The van der Waals surface area contributed by atoms with Gasteiger partial charge in [0.25, 0.3) is 0 Å². The van der Waals surface area contributed by atoms with E-state index >= 15 is 0 Å². The number of nitrogens with one attached hydrogen (secondary N) is 2. The molecule has 0 bridgehead atoms. The summed E-state index contributed by atoms with van der Waals surface area (Å²) >= 11 is 1.41. The molecule has 1 aromatic rings. The summed E-state index contributed by atoms with van der Waals surface area (Å²) in [4.78, 5) is 1.14. The van der Waals surface area contributed by atoms with Crippen molar-refractivity contribution in [3.8, 4) is 0 Å². The normalized spacial score (nSPS) is 25.2. The van der Waals surface area contributed by atoms with Gasteiger partial charge in [0, 0.05) is 23.5 Å². The Bertz CT molecular complexity index is 578. The van der Waals surface area contributed by atoms with Gasteiger partial charge in [0.15, 0.2) is 0 Å². The molecule has 2 aliphatic carbocycles. The number of hydrogen-bond acceptors (Lipinski definition) is 4. The van der Waals surface area contributed by atoms with Crippen molar-refractivity contribution in [2.45, 2.75) is 61.7 Å². The molecule has 21 heavy (non-hydrogen) atoms. The van der Waals surface area contributed by atoms with Gasteiger partial charge in [-0.15, -0.1) is 11.3 Å². The summed E-state index contributed by atoms with van der Waals surface area (Å²) in [5.41, 5.74) is 0. The van der Waals surface area contributed by atoms with Crippen LogP contribution in [0.25, 0.3) is 0 Å². The molecule has 0 aliphatic heterocycles. The highest BCUT2D eigenvalue weighted by Gasteiger charge is 2.39. The molecule has 6 heteroatoms. The maximum Gasteiger partial charge on any atom is 0.250 e. The van der Waals surface area contributed by atoms with E-state index < -0.39 is 10.0 Å². The van der Waals surface area contributed by atoms with Gasteiger partial charge < -0.3 is 5.32 Å². The van der Waals surface area contributed by atoms with Crippen molar-refractivity contribution in [2.75, 3.05) is 6.54 Å². The van der Waals surface area contributed by atoms with Gasteiger partial charge in [-0.3, -0.25) is 0 Å². The van der Waals surface area contributed by atoms with E-state index in [0.29, 0.717) is 16.2 Å². The topological polar surface area (TPSA) is 58.2 Å². The molecule has 2 atom stereocenters. The molecule has 0 aromatic carbocycles. The van der Waals surface area contributed by atoms with Crippen LogP contribution in [0.15, 0.2) is 16.3 Å². The highest BCUT2D eigenvalue weighted by molar-refractivity contribution is 7.91. The van der Waals surface area contributed by atoms with E-state index in [1.807, 2.05) is 6.07 Å². The molecular formula is C15H24N2O2S2. The Labute approximate surface area is 131 Å². The van der Waals surface area contributed by atoms with Crippen molar-refractivity contribution >= 4 is 21.4 Å². The van der Waals surface area contributed by atoms with Crippen LogP contribution in [0.5, 0.6) is 0 Å². The number of rotatable bonds is 9. The fourth-order valence-electron chi connectivity index (χ4n) is 2.66. The van der Waals surface area contributed by atoms with Crippen molar-refractivity contribution in [2.24, 2.45) is 5.92 Å². The highest BCUT2D eigenvalue weighted by atomic mass is 32.2. The lowest BCUT2D eigenvalue weighted by molar-refractivity contribution is 0.575. The Balaban J connectivity index is 1.51. The standard InChI is InChI=1S/C15H24N2O2S2/c1-2-3-11-10-14(11)17-21(18,19)15-7-6-13(20-15)8-9-16-12-4-5-12/h6-7,11-12,14,16-17H,2-5,8-10H2,1H3. The molecule has 0 amide bonds. The second-order valence-electron chi connectivity index (χ2n) is 6.21. The second kappa shape index (κ2) is 6.36. The summed E-state index contributed by atoms with van der Waals surface area (Å²) in [5, 5.41) is 3.46. The zero-order chi connectivity index (χ0) is 14.9. The fraction of sp³-hybridized carbons (Fsp3) is 0.733. The molecule has 0 saturated heterocycles. The highest BCUT2D eigenvalue weighted by Crippen LogP contribution is 2.36. The Hall–Kier alpha value is -0.430. The summed E-state index contributed by atoms with van der Waals surface area (Å²) in [6.45, 7) is 3.09. The average molecular weight is 329 g/mol.